The molecule has 52 heavy (non-hydrogen) atoms. The molecule has 2 aliphatic rings. The van der Waals surface area contributed by atoms with Gasteiger partial charge >= 0.3 is 0 Å². The van der Waals surface area contributed by atoms with Crippen molar-refractivity contribution in [2.45, 2.75) is 78.8 Å². The van der Waals surface area contributed by atoms with Gasteiger partial charge < -0.3 is 29.7 Å². The number of imide groups is 1. The molecule has 5 amide bonds. The number of aryl methyl sites for hydroxylation is 1. The van der Waals surface area contributed by atoms with E-state index >= 15 is 0 Å². The summed E-state index contributed by atoms with van der Waals surface area (Å²) >= 11 is 0. The number of fused-ring (bicyclic) bond motifs is 1. The summed E-state index contributed by atoms with van der Waals surface area (Å²) in [6.07, 6.45) is 5.11. The number of amides is 5. The smallest absolute Gasteiger partial charge is 0.255 e. The van der Waals surface area contributed by atoms with Crippen LogP contribution >= 0.6 is 0 Å². The molecule has 280 valence electrons. The highest BCUT2D eigenvalue weighted by Crippen LogP contribution is 2.32. The van der Waals surface area contributed by atoms with E-state index in [1.165, 1.54) is 4.90 Å². The number of ether oxygens (including phenoxy) is 3. The highest BCUT2D eigenvalue weighted by Gasteiger charge is 2.39. The maximum absolute atomic E-state index is 12.4. The van der Waals surface area contributed by atoms with Crippen molar-refractivity contribution in [2.24, 2.45) is 0 Å². The minimum atomic E-state index is -0.647. The molecule has 3 aromatic rings. The Hall–Kier alpha value is -5.07. The molecule has 1 unspecified atom stereocenters. The van der Waals surface area contributed by atoms with Crippen molar-refractivity contribution >= 4 is 41.4 Å². The first-order valence-electron chi connectivity index (χ1n) is 18.0. The number of benzene rings is 3. The largest absolute Gasteiger partial charge is 0.494 e. The summed E-state index contributed by atoms with van der Waals surface area (Å²) in [4.78, 5) is 59.9. The Morgan fingerprint density at radius 2 is 1.63 bits per heavy atom. The molecule has 0 radical (unpaired) electrons. The summed E-state index contributed by atoms with van der Waals surface area (Å²) in [6, 6.07) is 19.5. The minimum absolute atomic E-state index is 0.118. The third kappa shape index (κ3) is 12.9. The van der Waals surface area contributed by atoms with Crippen molar-refractivity contribution in [1.29, 1.82) is 0 Å². The second-order valence-electron chi connectivity index (χ2n) is 11.9. The maximum atomic E-state index is 12.4. The first kappa shape index (κ1) is 41.4. The molecule has 5 rings (SSSR count). The van der Waals surface area contributed by atoms with Crippen LogP contribution in [0.3, 0.4) is 0 Å². The summed E-state index contributed by atoms with van der Waals surface area (Å²) in [6.45, 7) is 12.0. The van der Waals surface area contributed by atoms with Gasteiger partial charge in [0.25, 0.3) is 11.8 Å². The number of hydrogen-bond acceptors (Lipinski definition) is 8. The molecule has 3 N–H and O–H groups in total. The Kier molecular flexibility index (Phi) is 18.0. The van der Waals surface area contributed by atoms with E-state index in [1.54, 1.807) is 18.2 Å². The summed E-state index contributed by atoms with van der Waals surface area (Å²) in [5.74, 6) is -0.374. The van der Waals surface area contributed by atoms with Gasteiger partial charge in [0.05, 0.1) is 6.61 Å². The zero-order valence-corrected chi connectivity index (χ0v) is 30.7. The number of piperidine rings is 1. The van der Waals surface area contributed by atoms with Crippen LogP contribution in [0, 0.1) is 6.92 Å². The van der Waals surface area contributed by atoms with Crippen molar-refractivity contribution in [1.82, 2.24) is 10.2 Å². The van der Waals surface area contributed by atoms with E-state index in [9.17, 15) is 24.0 Å². The Balaban J connectivity index is 0.000000279. The number of hydrogen-bond donors (Lipinski definition) is 3. The van der Waals surface area contributed by atoms with E-state index < -0.39 is 11.9 Å². The van der Waals surface area contributed by atoms with Gasteiger partial charge in [-0.2, -0.15) is 0 Å². The average Bonchev–Trinajstić information content (AvgIpc) is 3.48. The minimum Gasteiger partial charge on any atom is -0.494 e. The van der Waals surface area contributed by atoms with Crippen molar-refractivity contribution in [2.75, 3.05) is 43.7 Å². The van der Waals surface area contributed by atoms with Crippen LogP contribution in [0.25, 0.3) is 0 Å². The standard InChI is InChI=1S/C24H33NO4.C14H13N3O4.C2H6/c1-3-27-15-9-16-28-14-5-4-6-17-29-23-13-8-12-22(19-23)25-24(26)21-11-7-10-20(2)18-21;18-7-15-10-3-1-2-8-9(10)6-17(14(8)21)11-4-5-12(19)16-13(11)20;1-2/h7-8,10-13,18-19H,3-6,9,14-17H2,1-2H3,(H,25,26);1-3,7,11H,4-6H2,(H,15,18)(H,16,19,20);1-2H3. The number of unbranched alkanes of at least 4 members (excludes halogenated alkanes) is 2. The third-order valence-corrected chi connectivity index (χ3v) is 8.15. The Bertz CT molecular complexity index is 1630. The van der Waals surface area contributed by atoms with E-state index in [2.05, 4.69) is 16.0 Å². The highest BCUT2D eigenvalue weighted by atomic mass is 16.5. The topological polar surface area (TPSA) is 152 Å². The summed E-state index contributed by atoms with van der Waals surface area (Å²) in [7, 11) is 0. The summed E-state index contributed by atoms with van der Waals surface area (Å²) in [5.41, 5.74) is 4.17. The molecule has 12 heteroatoms. The second-order valence-corrected chi connectivity index (χ2v) is 11.9. The molecular formula is C40H52N4O8. The Morgan fingerprint density at radius 1 is 0.904 bits per heavy atom. The van der Waals surface area contributed by atoms with Crippen LogP contribution in [0.15, 0.2) is 66.7 Å². The molecule has 0 bridgehead atoms. The van der Waals surface area contributed by atoms with Gasteiger partial charge in [-0.15, -0.1) is 0 Å². The van der Waals surface area contributed by atoms with Gasteiger partial charge in [-0.25, -0.2) is 0 Å². The van der Waals surface area contributed by atoms with Crippen LogP contribution < -0.4 is 20.7 Å². The van der Waals surface area contributed by atoms with Gasteiger partial charge in [0.2, 0.25) is 18.2 Å². The molecule has 0 aliphatic carbocycles. The van der Waals surface area contributed by atoms with Gasteiger partial charge in [-0.3, -0.25) is 29.3 Å². The van der Waals surface area contributed by atoms with E-state index in [0.29, 0.717) is 41.8 Å². The number of nitrogens with zero attached hydrogens (tertiary/aromatic N) is 1. The molecular weight excluding hydrogens is 664 g/mol. The lowest BCUT2D eigenvalue weighted by Crippen LogP contribution is -2.52. The normalized spacial score (nSPS) is 14.6. The lowest BCUT2D eigenvalue weighted by Gasteiger charge is -2.29. The number of nitrogens with one attached hydrogen (secondary N) is 3. The zero-order chi connectivity index (χ0) is 37.7. The molecule has 1 fully saturated rings. The van der Waals surface area contributed by atoms with Crippen molar-refractivity contribution in [3.05, 3.63) is 89.0 Å². The summed E-state index contributed by atoms with van der Waals surface area (Å²) < 4.78 is 16.7. The number of carbonyl (C=O) groups is 5. The van der Waals surface area contributed by atoms with Crippen LogP contribution in [0.2, 0.25) is 0 Å². The van der Waals surface area contributed by atoms with Gasteiger partial charge in [0.1, 0.15) is 11.8 Å². The highest BCUT2D eigenvalue weighted by molar-refractivity contribution is 6.06. The molecule has 1 atom stereocenters. The predicted octanol–water partition coefficient (Wildman–Crippen LogP) is 6.28. The van der Waals surface area contributed by atoms with Crippen LogP contribution in [-0.4, -0.2) is 74.0 Å². The zero-order valence-electron chi connectivity index (χ0n) is 30.7. The monoisotopic (exact) mass is 716 g/mol. The van der Waals surface area contributed by atoms with Crippen molar-refractivity contribution in [3.8, 4) is 5.75 Å². The van der Waals surface area contributed by atoms with Crippen molar-refractivity contribution < 1.29 is 38.2 Å². The first-order valence-corrected chi connectivity index (χ1v) is 18.0. The quantitative estimate of drug-likeness (QED) is 0.0839. The number of carbonyl (C=O) groups excluding carboxylic acids is 5. The van der Waals surface area contributed by atoms with Crippen LogP contribution in [0.1, 0.15) is 91.1 Å². The van der Waals surface area contributed by atoms with E-state index in [4.69, 9.17) is 14.2 Å². The first-order chi connectivity index (χ1) is 25.3. The second kappa shape index (κ2) is 22.7. The van der Waals surface area contributed by atoms with E-state index in [0.717, 1.165) is 69.1 Å². The maximum Gasteiger partial charge on any atom is 0.255 e. The molecule has 2 heterocycles. The van der Waals surface area contributed by atoms with Gasteiger partial charge in [-0.1, -0.05) is 43.7 Å². The van der Waals surface area contributed by atoms with E-state index in [-0.39, 0.29) is 30.7 Å². The summed E-state index contributed by atoms with van der Waals surface area (Å²) in [5, 5.41) is 7.73. The number of anilines is 2. The predicted molar refractivity (Wildman–Crippen MR) is 200 cm³/mol. The average molecular weight is 717 g/mol. The van der Waals surface area contributed by atoms with Gasteiger partial charge in [0.15, 0.2) is 0 Å². The SMILES string of the molecule is CC.CCOCCCOCCCCCOc1cccc(NC(=O)c2cccc(C)c2)c1.O=CNc1cccc2c1CN(C1CCC(=O)NC1=O)C2=O. The Morgan fingerprint density at radius 3 is 2.38 bits per heavy atom. The van der Waals surface area contributed by atoms with Crippen LogP contribution in [-0.2, 0) is 30.4 Å². The van der Waals surface area contributed by atoms with Crippen LogP contribution in [0.4, 0.5) is 11.4 Å². The molecule has 0 saturated carbocycles. The molecule has 12 nitrogen and oxygen atoms in total. The van der Waals surface area contributed by atoms with Crippen molar-refractivity contribution in [3.63, 3.8) is 0 Å². The fourth-order valence-corrected chi connectivity index (χ4v) is 5.62. The molecule has 2 aliphatic heterocycles. The van der Waals surface area contributed by atoms with Gasteiger partial charge in [0, 0.05) is 73.5 Å². The van der Waals surface area contributed by atoms with Crippen LogP contribution in [0.5, 0.6) is 5.75 Å². The fraction of sp³-hybridized carbons (Fsp3) is 0.425. The molecule has 1 saturated heterocycles. The number of rotatable bonds is 17. The Labute approximate surface area is 306 Å². The molecule has 0 aromatic heterocycles. The van der Waals surface area contributed by atoms with E-state index in [1.807, 2.05) is 76.2 Å². The molecule has 3 aromatic carbocycles. The third-order valence-electron chi connectivity index (χ3n) is 8.15. The lowest BCUT2D eigenvalue weighted by molar-refractivity contribution is -0.137. The van der Waals surface area contributed by atoms with Gasteiger partial charge in [-0.05, 0) is 82.3 Å². The lowest BCUT2D eigenvalue weighted by atomic mass is 10.0. The molecule has 0 spiro atoms. The fourth-order valence-electron chi connectivity index (χ4n) is 5.62.